The van der Waals surface area contributed by atoms with Crippen LogP contribution in [-0.2, 0) is 12.8 Å². The van der Waals surface area contributed by atoms with E-state index in [9.17, 15) is 0 Å². The number of thiophene rings is 1. The van der Waals surface area contributed by atoms with Crippen LogP contribution in [0.2, 0.25) is 0 Å². The molecule has 2 N–H and O–H groups in total. The number of aromatic nitrogens is 2. The van der Waals surface area contributed by atoms with Crippen molar-refractivity contribution in [1.82, 2.24) is 9.97 Å². The lowest BCUT2D eigenvalue weighted by Gasteiger charge is -2.22. The predicted octanol–water partition coefficient (Wildman–Crippen LogP) is 3.56. The molecule has 0 amide bonds. The number of hydrogen-bond donors (Lipinski definition) is 1. The normalized spacial score (nSPS) is 12.6. The maximum absolute atomic E-state index is 5.92. The van der Waals surface area contributed by atoms with Gasteiger partial charge in [0.05, 0.1) is 18.5 Å². The molecule has 1 aromatic carbocycles. The second kappa shape index (κ2) is 5.10. The molecule has 5 heteroatoms. The first-order valence-corrected chi connectivity index (χ1v) is 8.07. The second-order valence-electron chi connectivity index (χ2n) is 5.29. The Labute approximate surface area is 132 Å². The molecule has 2 heterocycles. The number of nitrogen functional groups attached to an aromatic ring is 1. The van der Waals surface area contributed by atoms with Crippen LogP contribution in [0.15, 0.2) is 35.0 Å². The van der Waals surface area contributed by atoms with Gasteiger partial charge in [-0.25, -0.2) is 9.97 Å². The minimum atomic E-state index is 0.339. The van der Waals surface area contributed by atoms with Crippen LogP contribution in [0.5, 0.6) is 5.75 Å². The van der Waals surface area contributed by atoms with Gasteiger partial charge in [-0.15, -0.1) is 0 Å². The summed E-state index contributed by atoms with van der Waals surface area (Å²) in [5.41, 5.74) is 12.5. The fraction of sp³-hybridized carbons (Fsp3) is 0.176. The van der Waals surface area contributed by atoms with E-state index in [1.54, 1.807) is 18.4 Å². The lowest BCUT2D eigenvalue weighted by atomic mass is 9.86. The van der Waals surface area contributed by atoms with Gasteiger partial charge in [0.1, 0.15) is 5.75 Å². The molecule has 4 rings (SSSR count). The summed E-state index contributed by atoms with van der Waals surface area (Å²) in [6, 6.07) is 8.28. The highest BCUT2D eigenvalue weighted by Crippen LogP contribution is 2.41. The number of fused-ring (bicyclic) bond motifs is 3. The zero-order valence-electron chi connectivity index (χ0n) is 12.2. The van der Waals surface area contributed by atoms with Gasteiger partial charge in [-0.1, -0.05) is 6.07 Å². The maximum Gasteiger partial charge on any atom is 0.220 e. The van der Waals surface area contributed by atoms with Crippen LogP contribution >= 0.6 is 11.3 Å². The predicted molar refractivity (Wildman–Crippen MR) is 89.2 cm³/mol. The summed E-state index contributed by atoms with van der Waals surface area (Å²) in [6.45, 7) is 0. The van der Waals surface area contributed by atoms with Gasteiger partial charge in [0, 0.05) is 16.5 Å². The van der Waals surface area contributed by atoms with Crippen LogP contribution in [0.1, 0.15) is 11.3 Å². The number of nitrogens with zero attached hydrogens (tertiary/aromatic N) is 2. The molecule has 3 aromatic rings. The first-order chi connectivity index (χ1) is 10.8. The minimum Gasteiger partial charge on any atom is -0.497 e. The largest absolute Gasteiger partial charge is 0.497 e. The Balaban J connectivity index is 2.02. The van der Waals surface area contributed by atoms with Crippen molar-refractivity contribution < 1.29 is 4.74 Å². The topological polar surface area (TPSA) is 61.0 Å². The number of nitrogens with two attached hydrogens (primary N) is 1. The Hall–Kier alpha value is -2.40. The monoisotopic (exact) mass is 309 g/mol. The van der Waals surface area contributed by atoms with Gasteiger partial charge >= 0.3 is 0 Å². The third-order valence-corrected chi connectivity index (χ3v) is 4.70. The highest BCUT2D eigenvalue weighted by molar-refractivity contribution is 7.08. The van der Waals surface area contributed by atoms with E-state index in [2.05, 4.69) is 38.9 Å². The van der Waals surface area contributed by atoms with E-state index in [4.69, 9.17) is 10.5 Å². The molecule has 110 valence electrons. The quantitative estimate of drug-likeness (QED) is 0.786. The van der Waals surface area contributed by atoms with Crippen molar-refractivity contribution in [3.8, 4) is 28.1 Å². The van der Waals surface area contributed by atoms with Gasteiger partial charge in [-0.3, -0.25) is 0 Å². The van der Waals surface area contributed by atoms with Crippen molar-refractivity contribution in [3.63, 3.8) is 0 Å². The smallest absolute Gasteiger partial charge is 0.220 e. The van der Waals surface area contributed by atoms with Crippen molar-refractivity contribution in [2.24, 2.45) is 0 Å². The Kier molecular flexibility index (Phi) is 3.08. The zero-order chi connectivity index (χ0) is 15.1. The Morgan fingerprint density at radius 3 is 2.86 bits per heavy atom. The average molecular weight is 309 g/mol. The molecule has 0 saturated carbocycles. The van der Waals surface area contributed by atoms with Crippen LogP contribution in [-0.4, -0.2) is 17.1 Å². The number of anilines is 1. The molecule has 0 aliphatic heterocycles. The van der Waals surface area contributed by atoms with Crippen molar-refractivity contribution in [2.75, 3.05) is 12.8 Å². The van der Waals surface area contributed by atoms with Gasteiger partial charge in [0.15, 0.2) is 0 Å². The first-order valence-electron chi connectivity index (χ1n) is 7.12. The standard InChI is InChI=1S/C17H15N3OS/c1-21-12-4-2-10-3-5-14-15(13(10)8-12)16(20-17(18)19-14)11-6-7-22-9-11/h2,4,6-9H,3,5H2,1H3,(H2,18,19,20). The molecule has 0 radical (unpaired) electrons. The SMILES string of the molecule is COc1ccc2c(c1)-c1c(nc(N)nc1-c1ccsc1)CC2. The van der Waals surface area contributed by atoms with Gasteiger partial charge in [-0.05, 0) is 47.5 Å². The van der Waals surface area contributed by atoms with Crippen LogP contribution in [0.4, 0.5) is 5.95 Å². The summed E-state index contributed by atoms with van der Waals surface area (Å²) in [7, 11) is 1.69. The fourth-order valence-electron chi connectivity index (χ4n) is 2.98. The zero-order valence-corrected chi connectivity index (χ0v) is 13.0. The van der Waals surface area contributed by atoms with E-state index in [1.807, 2.05) is 6.07 Å². The second-order valence-corrected chi connectivity index (χ2v) is 6.07. The summed E-state index contributed by atoms with van der Waals surface area (Å²) in [4.78, 5) is 8.98. The number of benzene rings is 1. The number of methoxy groups -OCH3 is 1. The summed E-state index contributed by atoms with van der Waals surface area (Å²) >= 11 is 1.65. The van der Waals surface area contributed by atoms with E-state index < -0.39 is 0 Å². The number of ether oxygens (including phenoxy) is 1. The molecule has 0 unspecified atom stereocenters. The number of hydrogen-bond acceptors (Lipinski definition) is 5. The molecule has 0 spiro atoms. The number of rotatable bonds is 2. The molecular weight excluding hydrogens is 294 g/mol. The molecule has 1 aliphatic carbocycles. The molecule has 1 aliphatic rings. The van der Waals surface area contributed by atoms with E-state index >= 15 is 0 Å². The highest BCUT2D eigenvalue weighted by Gasteiger charge is 2.23. The Morgan fingerprint density at radius 1 is 1.18 bits per heavy atom. The lowest BCUT2D eigenvalue weighted by Crippen LogP contribution is -2.11. The molecule has 2 aromatic heterocycles. The van der Waals surface area contributed by atoms with Crippen LogP contribution < -0.4 is 10.5 Å². The van der Waals surface area contributed by atoms with Crippen molar-refractivity contribution >= 4 is 17.3 Å². The van der Waals surface area contributed by atoms with Crippen LogP contribution in [0, 0.1) is 0 Å². The summed E-state index contributed by atoms with van der Waals surface area (Å²) in [5.74, 6) is 1.19. The van der Waals surface area contributed by atoms with Gasteiger partial charge in [0.2, 0.25) is 5.95 Å². The van der Waals surface area contributed by atoms with Gasteiger partial charge in [-0.2, -0.15) is 11.3 Å². The first kappa shape index (κ1) is 13.3. The lowest BCUT2D eigenvalue weighted by molar-refractivity contribution is 0.415. The molecule has 4 nitrogen and oxygen atoms in total. The third-order valence-electron chi connectivity index (χ3n) is 4.01. The molecule has 0 saturated heterocycles. The molecule has 22 heavy (non-hydrogen) atoms. The minimum absolute atomic E-state index is 0.339. The summed E-state index contributed by atoms with van der Waals surface area (Å²) in [6.07, 6.45) is 1.85. The molecule has 0 atom stereocenters. The molecule has 0 bridgehead atoms. The van der Waals surface area contributed by atoms with Crippen molar-refractivity contribution in [2.45, 2.75) is 12.8 Å². The van der Waals surface area contributed by atoms with Gasteiger partial charge < -0.3 is 10.5 Å². The Morgan fingerprint density at radius 2 is 2.09 bits per heavy atom. The summed E-state index contributed by atoms with van der Waals surface area (Å²) in [5, 5.41) is 4.14. The van der Waals surface area contributed by atoms with E-state index in [0.717, 1.165) is 46.7 Å². The fourth-order valence-corrected chi connectivity index (χ4v) is 3.63. The Bertz CT molecular complexity index is 843. The summed E-state index contributed by atoms with van der Waals surface area (Å²) < 4.78 is 5.39. The van der Waals surface area contributed by atoms with Crippen LogP contribution in [0.3, 0.4) is 0 Å². The van der Waals surface area contributed by atoms with Crippen molar-refractivity contribution in [1.29, 1.82) is 0 Å². The van der Waals surface area contributed by atoms with E-state index in [0.29, 0.717) is 5.95 Å². The van der Waals surface area contributed by atoms with Gasteiger partial charge in [0.25, 0.3) is 0 Å². The van der Waals surface area contributed by atoms with Crippen molar-refractivity contribution in [3.05, 3.63) is 46.3 Å². The highest BCUT2D eigenvalue weighted by atomic mass is 32.1. The average Bonchev–Trinajstić information content (AvgIpc) is 3.07. The third kappa shape index (κ3) is 2.05. The van der Waals surface area contributed by atoms with E-state index in [1.165, 1.54) is 5.56 Å². The maximum atomic E-state index is 5.92. The van der Waals surface area contributed by atoms with Crippen LogP contribution in [0.25, 0.3) is 22.4 Å². The molecule has 0 fully saturated rings. The van der Waals surface area contributed by atoms with E-state index in [-0.39, 0.29) is 0 Å². The number of aryl methyl sites for hydroxylation is 2. The molecular formula is C17H15N3OS.